The normalized spacial score (nSPS) is 12.2. The largest absolute Gasteiger partial charge is 0.454 e. The SMILES string of the molecule is O=C(Nc1ccc2c(c1)OCO2)c1csc(-c2ccccn2)n1. The summed E-state index contributed by atoms with van der Waals surface area (Å²) in [7, 11) is 0. The van der Waals surface area contributed by atoms with E-state index < -0.39 is 0 Å². The standard InChI is InChI=1S/C16H11N3O3S/c20-15(18-10-4-5-13-14(7-10)22-9-21-13)12-8-23-16(19-12)11-3-1-2-6-17-11/h1-8H,9H2,(H,18,20). The smallest absolute Gasteiger partial charge is 0.275 e. The van der Waals surface area contributed by atoms with Gasteiger partial charge in [-0.15, -0.1) is 11.3 Å². The van der Waals surface area contributed by atoms with Crippen LogP contribution in [0, 0.1) is 0 Å². The van der Waals surface area contributed by atoms with Gasteiger partial charge in [0.1, 0.15) is 10.7 Å². The molecule has 23 heavy (non-hydrogen) atoms. The van der Waals surface area contributed by atoms with Gasteiger partial charge in [-0.25, -0.2) is 4.98 Å². The number of benzene rings is 1. The molecule has 0 unspecified atom stereocenters. The van der Waals surface area contributed by atoms with Gasteiger partial charge in [-0.1, -0.05) is 6.07 Å². The minimum absolute atomic E-state index is 0.201. The fourth-order valence-corrected chi connectivity index (χ4v) is 2.93. The average Bonchev–Trinajstić information content (AvgIpc) is 3.24. The Morgan fingerprint density at radius 2 is 2.09 bits per heavy atom. The van der Waals surface area contributed by atoms with Crippen LogP contribution in [0.15, 0.2) is 48.0 Å². The number of rotatable bonds is 3. The zero-order valence-electron chi connectivity index (χ0n) is 11.9. The number of aromatic nitrogens is 2. The molecule has 0 atom stereocenters. The van der Waals surface area contributed by atoms with Gasteiger partial charge in [-0.05, 0) is 24.3 Å². The molecule has 0 aliphatic carbocycles. The first-order chi connectivity index (χ1) is 11.3. The number of ether oxygens (including phenoxy) is 2. The summed E-state index contributed by atoms with van der Waals surface area (Å²) in [6.07, 6.45) is 1.70. The first-order valence-electron chi connectivity index (χ1n) is 6.87. The van der Waals surface area contributed by atoms with E-state index in [-0.39, 0.29) is 12.7 Å². The van der Waals surface area contributed by atoms with Gasteiger partial charge < -0.3 is 14.8 Å². The van der Waals surface area contributed by atoms with Gasteiger partial charge in [0.05, 0.1) is 5.69 Å². The highest BCUT2D eigenvalue weighted by Gasteiger charge is 2.16. The molecular weight excluding hydrogens is 314 g/mol. The molecular formula is C16H11N3O3S. The van der Waals surface area contributed by atoms with Crippen molar-refractivity contribution < 1.29 is 14.3 Å². The van der Waals surface area contributed by atoms with E-state index in [2.05, 4.69) is 15.3 Å². The molecule has 114 valence electrons. The number of thiazole rings is 1. The number of carbonyl (C=O) groups excluding carboxylic acids is 1. The minimum atomic E-state index is -0.276. The van der Waals surface area contributed by atoms with Gasteiger partial charge in [0.25, 0.3) is 5.91 Å². The molecule has 0 saturated heterocycles. The van der Waals surface area contributed by atoms with E-state index in [4.69, 9.17) is 9.47 Å². The number of anilines is 1. The Labute approximate surface area is 135 Å². The number of pyridine rings is 1. The van der Waals surface area contributed by atoms with E-state index in [1.165, 1.54) is 11.3 Å². The predicted molar refractivity (Wildman–Crippen MR) is 85.9 cm³/mol. The van der Waals surface area contributed by atoms with Gasteiger partial charge in [0, 0.05) is 23.3 Å². The van der Waals surface area contributed by atoms with Crippen molar-refractivity contribution in [3.05, 3.63) is 53.7 Å². The van der Waals surface area contributed by atoms with Gasteiger partial charge >= 0.3 is 0 Å². The van der Waals surface area contributed by atoms with Crippen molar-refractivity contribution in [1.29, 1.82) is 0 Å². The van der Waals surface area contributed by atoms with Gasteiger partial charge in [-0.3, -0.25) is 9.78 Å². The summed E-state index contributed by atoms with van der Waals surface area (Å²) >= 11 is 1.38. The minimum Gasteiger partial charge on any atom is -0.454 e. The van der Waals surface area contributed by atoms with Crippen LogP contribution in [0.25, 0.3) is 10.7 Å². The molecule has 2 aromatic heterocycles. The third-order valence-electron chi connectivity index (χ3n) is 3.25. The molecule has 6 nitrogen and oxygen atoms in total. The fourth-order valence-electron chi connectivity index (χ4n) is 2.15. The van der Waals surface area contributed by atoms with E-state index >= 15 is 0 Å². The van der Waals surface area contributed by atoms with E-state index in [1.807, 2.05) is 18.2 Å². The number of amides is 1. The fraction of sp³-hybridized carbons (Fsp3) is 0.0625. The lowest BCUT2D eigenvalue weighted by molar-refractivity contribution is 0.102. The zero-order valence-corrected chi connectivity index (χ0v) is 12.7. The molecule has 7 heteroatoms. The van der Waals surface area contributed by atoms with Crippen LogP contribution < -0.4 is 14.8 Å². The van der Waals surface area contributed by atoms with Crippen molar-refractivity contribution in [1.82, 2.24) is 9.97 Å². The van der Waals surface area contributed by atoms with Crippen LogP contribution in [0.3, 0.4) is 0 Å². The molecule has 0 bridgehead atoms. The Morgan fingerprint density at radius 1 is 1.17 bits per heavy atom. The Morgan fingerprint density at radius 3 is 2.96 bits per heavy atom. The van der Waals surface area contributed by atoms with Gasteiger partial charge in [0.15, 0.2) is 11.5 Å². The highest BCUT2D eigenvalue weighted by atomic mass is 32.1. The van der Waals surface area contributed by atoms with Crippen LogP contribution in [0.5, 0.6) is 11.5 Å². The molecule has 1 amide bonds. The maximum absolute atomic E-state index is 12.3. The highest BCUT2D eigenvalue weighted by Crippen LogP contribution is 2.34. The first kappa shape index (κ1) is 13.7. The molecule has 1 aliphatic heterocycles. The van der Waals surface area contributed by atoms with Crippen LogP contribution in [0.1, 0.15) is 10.5 Å². The molecule has 4 rings (SSSR count). The Balaban J connectivity index is 1.52. The highest BCUT2D eigenvalue weighted by molar-refractivity contribution is 7.13. The quantitative estimate of drug-likeness (QED) is 0.800. The molecule has 1 N–H and O–H groups in total. The Kier molecular flexibility index (Phi) is 3.39. The van der Waals surface area contributed by atoms with E-state index in [1.54, 1.807) is 29.8 Å². The third kappa shape index (κ3) is 2.74. The second-order valence-electron chi connectivity index (χ2n) is 4.78. The van der Waals surface area contributed by atoms with Crippen LogP contribution >= 0.6 is 11.3 Å². The number of nitrogens with one attached hydrogen (secondary N) is 1. The second-order valence-corrected chi connectivity index (χ2v) is 5.63. The van der Waals surface area contributed by atoms with E-state index in [0.29, 0.717) is 27.9 Å². The summed E-state index contributed by atoms with van der Waals surface area (Å²) in [5.74, 6) is 1.02. The maximum atomic E-state index is 12.3. The van der Waals surface area contributed by atoms with Crippen molar-refractivity contribution in [3.63, 3.8) is 0 Å². The van der Waals surface area contributed by atoms with E-state index in [0.717, 1.165) is 5.69 Å². The van der Waals surface area contributed by atoms with Crippen molar-refractivity contribution in [2.75, 3.05) is 12.1 Å². The van der Waals surface area contributed by atoms with Crippen LogP contribution in [0.2, 0.25) is 0 Å². The van der Waals surface area contributed by atoms with Crippen molar-refractivity contribution >= 4 is 22.9 Å². The van der Waals surface area contributed by atoms with Crippen molar-refractivity contribution in [2.45, 2.75) is 0 Å². The van der Waals surface area contributed by atoms with Crippen LogP contribution in [-0.2, 0) is 0 Å². The third-order valence-corrected chi connectivity index (χ3v) is 4.12. The number of hydrogen-bond donors (Lipinski definition) is 1. The first-order valence-corrected chi connectivity index (χ1v) is 7.75. The molecule has 0 fully saturated rings. The van der Waals surface area contributed by atoms with Crippen molar-refractivity contribution in [2.24, 2.45) is 0 Å². The summed E-state index contributed by atoms with van der Waals surface area (Å²) in [6.45, 7) is 0.201. The summed E-state index contributed by atoms with van der Waals surface area (Å²) < 4.78 is 10.5. The zero-order chi connectivity index (χ0) is 15.6. The average molecular weight is 325 g/mol. The predicted octanol–water partition coefficient (Wildman–Crippen LogP) is 3.19. The summed E-state index contributed by atoms with van der Waals surface area (Å²) in [5, 5.41) is 5.23. The lowest BCUT2D eigenvalue weighted by Gasteiger charge is -2.04. The number of nitrogens with zero attached hydrogens (tertiary/aromatic N) is 2. The second kappa shape index (κ2) is 5.69. The summed E-state index contributed by atoms with van der Waals surface area (Å²) in [5.41, 5.74) is 1.74. The molecule has 1 aromatic carbocycles. The molecule has 3 aromatic rings. The molecule has 0 saturated carbocycles. The molecule has 3 heterocycles. The maximum Gasteiger partial charge on any atom is 0.275 e. The topological polar surface area (TPSA) is 73.3 Å². The summed E-state index contributed by atoms with van der Waals surface area (Å²) in [6, 6.07) is 10.8. The van der Waals surface area contributed by atoms with Crippen LogP contribution in [-0.4, -0.2) is 22.7 Å². The molecule has 0 radical (unpaired) electrons. The number of hydrogen-bond acceptors (Lipinski definition) is 6. The van der Waals surface area contributed by atoms with Gasteiger partial charge in [0.2, 0.25) is 6.79 Å². The van der Waals surface area contributed by atoms with Crippen molar-refractivity contribution in [3.8, 4) is 22.2 Å². The molecule has 1 aliphatic rings. The molecule has 0 spiro atoms. The summed E-state index contributed by atoms with van der Waals surface area (Å²) in [4.78, 5) is 20.9. The van der Waals surface area contributed by atoms with E-state index in [9.17, 15) is 4.79 Å². The Hall–Kier alpha value is -2.93. The number of fused-ring (bicyclic) bond motifs is 1. The Bertz CT molecular complexity index is 864. The monoisotopic (exact) mass is 325 g/mol. The lowest BCUT2D eigenvalue weighted by atomic mass is 10.2. The number of carbonyl (C=O) groups is 1. The van der Waals surface area contributed by atoms with Gasteiger partial charge in [-0.2, -0.15) is 0 Å². The van der Waals surface area contributed by atoms with Crippen LogP contribution in [0.4, 0.5) is 5.69 Å². The lowest BCUT2D eigenvalue weighted by Crippen LogP contribution is -2.12.